The minimum absolute atomic E-state index is 0.00736. The van der Waals surface area contributed by atoms with Crippen molar-refractivity contribution in [2.45, 2.75) is 30.5 Å². The molecule has 0 saturated heterocycles. The van der Waals surface area contributed by atoms with Crippen molar-refractivity contribution in [3.8, 4) is 0 Å². The van der Waals surface area contributed by atoms with Gasteiger partial charge in [0, 0.05) is 0 Å². The van der Waals surface area contributed by atoms with E-state index in [-0.39, 0.29) is 6.92 Å². The zero-order chi connectivity index (χ0) is 18.1. The topological polar surface area (TPSA) is 72.8 Å². The van der Waals surface area contributed by atoms with Gasteiger partial charge in [-0.05, 0) is 6.92 Å². The Kier molecular flexibility index (Phi) is 5.77. The largest absolute Gasteiger partial charge is 0.471 e. The van der Waals surface area contributed by atoms with E-state index in [4.69, 9.17) is 4.55 Å². The van der Waals surface area contributed by atoms with Gasteiger partial charge in [-0.25, -0.2) is 0 Å². The van der Waals surface area contributed by atoms with Gasteiger partial charge in [0.1, 0.15) is 0 Å². The van der Waals surface area contributed by atoms with Crippen LogP contribution in [0.5, 0.6) is 0 Å². The summed E-state index contributed by atoms with van der Waals surface area (Å²) in [5.41, 5.74) is -3.23. The molecular formula is C7H5F9O5S. The number of alkyl halides is 6. The first kappa shape index (κ1) is 20.8. The second-order valence-corrected chi connectivity index (χ2v) is 5.14. The van der Waals surface area contributed by atoms with Gasteiger partial charge < -0.3 is 9.47 Å². The molecule has 0 radical (unpaired) electrons. The smallest absolute Gasteiger partial charge is 0.398 e. The fraction of sp³-hybridized carbons (Fsp3) is 0.714. The lowest BCUT2D eigenvalue weighted by Gasteiger charge is -2.34. The standard InChI is InChI=1S/C7H5F9O5S/c1-2(22(17,18)19)20-5(11,6(12,13)14)7(15,16)21-4(10)3(8)9/h2H,1H3,(H,17,18,19). The summed E-state index contributed by atoms with van der Waals surface area (Å²) in [6, 6.07) is -3.56. The molecule has 0 aromatic rings. The van der Waals surface area contributed by atoms with E-state index in [2.05, 4.69) is 9.47 Å². The summed E-state index contributed by atoms with van der Waals surface area (Å²) >= 11 is 0. The van der Waals surface area contributed by atoms with Crippen LogP contribution in [0.2, 0.25) is 0 Å². The fourth-order valence-corrected chi connectivity index (χ4v) is 1.06. The van der Waals surface area contributed by atoms with Gasteiger partial charge in [0.05, 0.1) is 0 Å². The Morgan fingerprint density at radius 1 is 1.05 bits per heavy atom. The van der Waals surface area contributed by atoms with E-state index < -0.39 is 45.8 Å². The molecule has 0 aliphatic rings. The van der Waals surface area contributed by atoms with Crippen molar-refractivity contribution in [3.05, 3.63) is 12.1 Å². The number of ether oxygens (including phenoxy) is 2. The molecule has 0 amide bonds. The monoisotopic (exact) mass is 372 g/mol. The first-order chi connectivity index (χ1) is 9.46. The minimum atomic E-state index is -6.76. The molecule has 0 aliphatic heterocycles. The molecule has 0 aromatic carbocycles. The van der Waals surface area contributed by atoms with Gasteiger partial charge in [-0.3, -0.25) is 4.55 Å². The van der Waals surface area contributed by atoms with Crippen molar-refractivity contribution in [3.63, 3.8) is 0 Å². The highest BCUT2D eigenvalue weighted by Gasteiger charge is 2.77. The van der Waals surface area contributed by atoms with E-state index >= 15 is 0 Å². The Hall–Kier alpha value is -1.22. The third kappa shape index (κ3) is 4.39. The maximum atomic E-state index is 13.4. The Morgan fingerprint density at radius 2 is 1.45 bits per heavy atom. The van der Waals surface area contributed by atoms with Crippen LogP contribution < -0.4 is 0 Å². The van der Waals surface area contributed by atoms with E-state index in [1.165, 1.54) is 0 Å². The van der Waals surface area contributed by atoms with Gasteiger partial charge in [-0.15, -0.1) is 0 Å². The van der Waals surface area contributed by atoms with Crippen LogP contribution in [-0.2, 0) is 19.6 Å². The quantitative estimate of drug-likeness (QED) is 0.441. The number of hydrogen-bond acceptors (Lipinski definition) is 4. The molecular weight excluding hydrogens is 367 g/mol. The maximum Gasteiger partial charge on any atom is 0.471 e. The van der Waals surface area contributed by atoms with Crippen molar-refractivity contribution in [1.82, 2.24) is 0 Å². The molecule has 1 N–H and O–H groups in total. The van der Waals surface area contributed by atoms with Crippen molar-refractivity contribution in [2.75, 3.05) is 0 Å². The first-order valence-electron chi connectivity index (χ1n) is 4.63. The Labute approximate surface area is 116 Å². The predicted molar refractivity (Wildman–Crippen MR) is 48.4 cm³/mol. The van der Waals surface area contributed by atoms with Crippen LogP contribution in [0.15, 0.2) is 12.1 Å². The van der Waals surface area contributed by atoms with E-state index in [0.717, 1.165) is 0 Å². The average molecular weight is 372 g/mol. The molecule has 0 saturated carbocycles. The molecule has 0 rings (SSSR count). The van der Waals surface area contributed by atoms with Crippen molar-refractivity contribution < 1.29 is 62.0 Å². The molecule has 0 aliphatic carbocycles. The van der Waals surface area contributed by atoms with Crippen molar-refractivity contribution in [1.29, 1.82) is 0 Å². The van der Waals surface area contributed by atoms with E-state index in [1.807, 2.05) is 0 Å². The average Bonchev–Trinajstić information content (AvgIpc) is 2.24. The van der Waals surface area contributed by atoms with Crippen LogP contribution in [0.4, 0.5) is 39.5 Å². The molecule has 0 aromatic heterocycles. The maximum absolute atomic E-state index is 13.4. The third-order valence-electron chi connectivity index (χ3n) is 1.85. The van der Waals surface area contributed by atoms with Gasteiger partial charge in [-0.2, -0.15) is 47.9 Å². The van der Waals surface area contributed by atoms with Gasteiger partial charge in [0.25, 0.3) is 10.1 Å². The lowest BCUT2D eigenvalue weighted by Crippen LogP contribution is -2.60. The molecule has 0 heterocycles. The first-order valence-corrected chi connectivity index (χ1v) is 6.13. The number of halogens is 9. The summed E-state index contributed by atoms with van der Waals surface area (Å²) in [6.07, 6.45) is -16.9. The summed E-state index contributed by atoms with van der Waals surface area (Å²) in [5, 5.41) is 0. The van der Waals surface area contributed by atoms with Gasteiger partial charge in [0.2, 0.25) is 0 Å². The molecule has 22 heavy (non-hydrogen) atoms. The summed E-state index contributed by atoms with van der Waals surface area (Å²) in [7, 11) is -5.61. The predicted octanol–water partition coefficient (Wildman–Crippen LogP) is 3.11. The summed E-state index contributed by atoms with van der Waals surface area (Å²) in [6.45, 7) is 0.00736. The molecule has 5 nitrogen and oxygen atoms in total. The summed E-state index contributed by atoms with van der Waals surface area (Å²) in [5.74, 6) is -6.37. The van der Waals surface area contributed by atoms with Crippen LogP contribution in [0, 0.1) is 0 Å². The molecule has 0 bridgehead atoms. The number of rotatable bonds is 6. The zero-order valence-electron chi connectivity index (χ0n) is 9.97. The van der Waals surface area contributed by atoms with Crippen LogP contribution in [0.1, 0.15) is 6.92 Å². The van der Waals surface area contributed by atoms with Gasteiger partial charge in [-0.1, -0.05) is 0 Å². The SMILES string of the molecule is CC(OC(F)(C(F)(F)F)C(F)(F)OC(F)=C(F)F)S(=O)(=O)O. The minimum Gasteiger partial charge on any atom is -0.398 e. The highest BCUT2D eigenvalue weighted by atomic mass is 32.2. The normalized spacial score (nSPS) is 17.6. The zero-order valence-corrected chi connectivity index (χ0v) is 10.8. The van der Waals surface area contributed by atoms with Crippen molar-refractivity contribution in [2.24, 2.45) is 0 Å². The van der Waals surface area contributed by atoms with Gasteiger partial charge in [0.15, 0.2) is 5.44 Å². The van der Waals surface area contributed by atoms with Crippen LogP contribution in [0.25, 0.3) is 0 Å². The van der Waals surface area contributed by atoms with Crippen molar-refractivity contribution >= 4 is 10.1 Å². The molecule has 15 heteroatoms. The van der Waals surface area contributed by atoms with E-state index in [9.17, 15) is 47.9 Å². The van der Waals surface area contributed by atoms with E-state index in [0.29, 0.717) is 0 Å². The van der Waals surface area contributed by atoms with Crippen LogP contribution in [-0.4, -0.2) is 36.5 Å². The fourth-order valence-electron chi connectivity index (χ4n) is 0.807. The van der Waals surface area contributed by atoms with Crippen LogP contribution in [0.3, 0.4) is 0 Å². The molecule has 132 valence electrons. The Morgan fingerprint density at radius 3 is 1.73 bits per heavy atom. The summed E-state index contributed by atoms with van der Waals surface area (Å²) in [4.78, 5) is 0. The molecule has 0 fully saturated rings. The Bertz CT molecular complexity index is 537. The van der Waals surface area contributed by atoms with Crippen LogP contribution >= 0.6 is 0 Å². The number of hydrogen-bond donors (Lipinski definition) is 1. The third-order valence-corrected chi connectivity index (χ3v) is 2.79. The molecule has 2 atom stereocenters. The van der Waals surface area contributed by atoms with E-state index in [1.54, 1.807) is 0 Å². The molecule has 0 spiro atoms. The second kappa shape index (κ2) is 6.11. The molecule has 2 unspecified atom stereocenters. The summed E-state index contributed by atoms with van der Waals surface area (Å²) < 4.78 is 146. The highest BCUT2D eigenvalue weighted by Crippen LogP contribution is 2.48. The Balaban J connectivity index is 5.87. The highest BCUT2D eigenvalue weighted by molar-refractivity contribution is 7.86. The van der Waals surface area contributed by atoms with Gasteiger partial charge >= 0.3 is 30.2 Å². The lowest BCUT2D eigenvalue weighted by molar-refractivity contribution is -0.457. The second-order valence-electron chi connectivity index (χ2n) is 3.45. The lowest BCUT2D eigenvalue weighted by atomic mass is 10.2.